The van der Waals surface area contributed by atoms with Crippen molar-refractivity contribution in [2.24, 2.45) is 11.0 Å². The minimum Gasteiger partial charge on any atom is -0.497 e. The van der Waals surface area contributed by atoms with Gasteiger partial charge in [-0.25, -0.2) is 10.2 Å². The summed E-state index contributed by atoms with van der Waals surface area (Å²) in [4.78, 5) is 39.5. The normalized spacial score (nSPS) is 14.9. The van der Waals surface area contributed by atoms with Crippen molar-refractivity contribution in [1.29, 1.82) is 0 Å². The van der Waals surface area contributed by atoms with Gasteiger partial charge in [0.1, 0.15) is 22.2 Å². The van der Waals surface area contributed by atoms with Crippen molar-refractivity contribution in [2.45, 2.75) is 46.1 Å². The highest BCUT2D eigenvalue weighted by Crippen LogP contribution is 2.40. The molecule has 0 aliphatic heterocycles. The van der Waals surface area contributed by atoms with Gasteiger partial charge in [-0.05, 0) is 87.1 Å². The van der Waals surface area contributed by atoms with Crippen LogP contribution in [-0.4, -0.2) is 50.9 Å². The molecule has 2 amide bonds. The number of esters is 1. The zero-order valence-electron chi connectivity index (χ0n) is 24.3. The molecule has 0 unspecified atom stereocenters. The predicted octanol–water partition coefficient (Wildman–Crippen LogP) is 5.24. The maximum Gasteiger partial charge on any atom is 0.341 e. The number of methoxy groups -OCH3 is 2. The van der Waals surface area contributed by atoms with Crippen LogP contribution in [0.2, 0.25) is 0 Å². The predicted molar refractivity (Wildman–Crippen MR) is 161 cm³/mol. The summed E-state index contributed by atoms with van der Waals surface area (Å²) in [6.45, 7) is 5.80. The van der Waals surface area contributed by atoms with E-state index in [9.17, 15) is 14.4 Å². The fraction of sp³-hybridized carbons (Fsp3) is 0.355. The summed E-state index contributed by atoms with van der Waals surface area (Å²) in [5, 5.41) is 7.42. The SMILES string of the molecule is CCOC(=O)c1c(NC(=O)c2ccc(O[C@H](C)C(=O)N/N=C\c3cc(OC)ccc3OC)cc2)sc2c1CC[C@H](C)C2. The molecule has 3 aromatic rings. The maximum absolute atomic E-state index is 13.1. The minimum absolute atomic E-state index is 0.258. The van der Waals surface area contributed by atoms with Crippen molar-refractivity contribution < 1.29 is 33.3 Å². The summed E-state index contributed by atoms with van der Waals surface area (Å²) >= 11 is 1.44. The van der Waals surface area contributed by atoms with Crippen LogP contribution in [0.25, 0.3) is 0 Å². The van der Waals surface area contributed by atoms with Crippen LogP contribution in [0.5, 0.6) is 17.2 Å². The Bertz CT molecular complexity index is 1470. The largest absolute Gasteiger partial charge is 0.497 e. The molecule has 42 heavy (non-hydrogen) atoms. The second-order valence-electron chi connectivity index (χ2n) is 9.86. The number of amides is 2. The van der Waals surface area contributed by atoms with Gasteiger partial charge in [0, 0.05) is 16.0 Å². The first-order chi connectivity index (χ1) is 20.2. The van der Waals surface area contributed by atoms with Crippen LogP contribution < -0.4 is 25.0 Å². The number of hydrazone groups is 1. The highest BCUT2D eigenvalue weighted by Gasteiger charge is 2.29. The van der Waals surface area contributed by atoms with Crippen LogP contribution >= 0.6 is 11.3 Å². The van der Waals surface area contributed by atoms with Crippen LogP contribution in [0.1, 0.15) is 63.9 Å². The van der Waals surface area contributed by atoms with Gasteiger partial charge in [-0.1, -0.05) is 6.92 Å². The van der Waals surface area contributed by atoms with Crippen LogP contribution in [0, 0.1) is 5.92 Å². The molecule has 1 aliphatic carbocycles. The molecule has 2 aromatic carbocycles. The van der Waals surface area contributed by atoms with Gasteiger partial charge >= 0.3 is 5.97 Å². The first-order valence-corrected chi connectivity index (χ1v) is 14.5. The highest BCUT2D eigenvalue weighted by atomic mass is 32.1. The average Bonchev–Trinajstić information content (AvgIpc) is 3.34. The van der Waals surface area contributed by atoms with E-state index in [0.717, 1.165) is 29.7 Å². The van der Waals surface area contributed by atoms with Gasteiger partial charge in [0.2, 0.25) is 0 Å². The molecule has 1 heterocycles. The average molecular weight is 594 g/mol. The van der Waals surface area contributed by atoms with E-state index in [0.29, 0.717) is 44.9 Å². The monoisotopic (exact) mass is 593 g/mol. The van der Waals surface area contributed by atoms with E-state index < -0.39 is 18.0 Å². The number of thiophene rings is 1. The van der Waals surface area contributed by atoms with E-state index in [-0.39, 0.29) is 12.5 Å². The Morgan fingerprint density at radius 2 is 1.83 bits per heavy atom. The van der Waals surface area contributed by atoms with Gasteiger partial charge in [0.25, 0.3) is 11.8 Å². The summed E-state index contributed by atoms with van der Waals surface area (Å²) < 4.78 is 21.5. The maximum atomic E-state index is 13.1. The lowest BCUT2D eigenvalue weighted by atomic mass is 9.88. The first-order valence-electron chi connectivity index (χ1n) is 13.7. The second kappa shape index (κ2) is 14.0. The minimum atomic E-state index is -0.860. The van der Waals surface area contributed by atoms with Crippen LogP contribution in [0.4, 0.5) is 5.00 Å². The molecular formula is C31H35N3O7S. The van der Waals surface area contributed by atoms with E-state index in [1.54, 1.807) is 70.5 Å². The van der Waals surface area contributed by atoms with Crippen molar-refractivity contribution in [3.05, 3.63) is 69.6 Å². The molecule has 2 N–H and O–H groups in total. The van der Waals surface area contributed by atoms with Crippen LogP contribution in [0.15, 0.2) is 47.6 Å². The lowest BCUT2D eigenvalue weighted by Crippen LogP contribution is -2.33. The fourth-order valence-corrected chi connectivity index (χ4v) is 5.97. The summed E-state index contributed by atoms with van der Waals surface area (Å²) in [5.74, 6) is 0.899. The summed E-state index contributed by atoms with van der Waals surface area (Å²) in [6, 6.07) is 11.6. The van der Waals surface area contributed by atoms with Gasteiger partial charge in [-0.3, -0.25) is 9.59 Å². The van der Waals surface area contributed by atoms with E-state index >= 15 is 0 Å². The number of nitrogens with one attached hydrogen (secondary N) is 2. The smallest absolute Gasteiger partial charge is 0.341 e. The number of carbonyl (C=O) groups is 3. The van der Waals surface area contributed by atoms with Crippen molar-refractivity contribution in [3.63, 3.8) is 0 Å². The molecule has 0 saturated heterocycles. The molecule has 0 fully saturated rings. The lowest BCUT2D eigenvalue weighted by molar-refractivity contribution is -0.127. The Morgan fingerprint density at radius 3 is 2.52 bits per heavy atom. The molecule has 0 spiro atoms. The van der Waals surface area contributed by atoms with Gasteiger partial charge < -0.3 is 24.3 Å². The molecule has 4 rings (SSSR count). The first kappa shape index (κ1) is 30.6. The highest BCUT2D eigenvalue weighted by molar-refractivity contribution is 7.17. The van der Waals surface area contributed by atoms with Crippen LogP contribution in [-0.2, 0) is 22.4 Å². The van der Waals surface area contributed by atoms with E-state index in [4.69, 9.17) is 18.9 Å². The van der Waals surface area contributed by atoms with Gasteiger partial charge in [-0.15, -0.1) is 11.3 Å². The second-order valence-corrected chi connectivity index (χ2v) is 11.0. The third kappa shape index (κ3) is 7.27. The Balaban J connectivity index is 1.37. The van der Waals surface area contributed by atoms with Crippen molar-refractivity contribution in [2.75, 3.05) is 26.1 Å². The summed E-state index contributed by atoms with van der Waals surface area (Å²) in [7, 11) is 3.10. The zero-order valence-corrected chi connectivity index (χ0v) is 25.1. The van der Waals surface area contributed by atoms with Gasteiger partial charge in [-0.2, -0.15) is 5.10 Å². The summed E-state index contributed by atoms with van der Waals surface area (Å²) in [5.41, 5.74) is 4.91. The number of fused-ring (bicyclic) bond motifs is 1. The number of ether oxygens (including phenoxy) is 4. The molecule has 1 aliphatic rings. The van der Waals surface area contributed by atoms with E-state index in [2.05, 4.69) is 22.8 Å². The third-order valence-corrected chi connectivity index (χ3v) is 8.00. The Labute approximate surface area is 249 Å². The van der Waals surface area contributed by atoms with Gasteiger partial charge in [0.05, 0.1) is 32.6 Å². The Kier molecular flexibility index (Phi) is 10.2. The molecule has 0 bridgehead atoms. The molecule has 10 nitrogen and oxygen atoms in total. The molecule has 11 heteroatoms. The summed E-state index contributed by atoms with van der Waals surface area (Å²) in [6.07, 6.45) is 3.25. The molecule has 222 valence electrons. The van der Waals surface area contributed by atoms with Crippen molar-refractivity contribution in [3.8, 4) is 17.2 Å². The molecule has 2 atom stereocenters. The van der Waals surface area contributed by atoms with E-state index in [1.165, 1.54) is 17.6 Å². The Morgan fingerprint density at radius 1 is 1.10 bits per heavy atom. The topological polar surface area (TPSA) is 125 Å². The van der Waals surface area contributed by atoms with Gasteiger partial charge in [0.15, 0.2) is 6.10 Å². The standard InChI is InChI=1S/C31H35N3O7S/c1-6-40-31(37)27-24-13-7-18(2)15-26(24)42-30(27)33-29(36)20-8-10-22(11-9-20)41-19(3)28(35)34-32-17-21-16-23(38-4)12-14-25(21)39-5/h8-12,14,16-19H,6-7,13,15H2,1-5H3,(H,33,36)(H,34,35)/b32-17-/t18-,19+/m0/s1. The lowest BCUT2D eigenvalue weighted by Gasteiger charge is -2.18. The van der Waals surface area contributed by atoms with Crippen LogP contribution in [0.3, 0.4) is 0 Å². The molecular weight excluding hydrogens is 558 g/mol. The molecule has 0 radical (unpaired) electrons. The van der Waals surface area contributed by atoms with E-state index in [1.807, 2.05) is 0 Å². The molecule has 0 saturated carbocycles. The van der Waals surface area contributed by atoms with Crippen molar-refractivity contribution in [1.82, 2.24) is 5.43 Å². The number of carbonyl (C=O) groups excluding carboxylic acids is 3. The van der Waals surface area contributed by atoms with Crippen molar-refractivity contribution >= 4 is 40.3 Å². The number of nitrogens with zero attached hydrogens (tertiary/aromatic N) is 1. The fourth-order valence-electron chi connectivity index (χ4n) is 4.57. The number of benzene rings is 2. The Hall–Kier alpha value is -4.38. The zero-order chi connectivity index (χ0) is 30.2. The number of rotatable bonds is 11. The molecule has 1 aromatic heterocycles. The number of hydrogen-bond acceptors (Lipinski definition) is 9. The third-order valence-electron chi connectivity index (χ3n) is 6.83. The quantitative estimate of drug-likeness (QED) is 0.177. The number of hydrogen-bond donors (Lipinski definition) is 2. The number of anilines is 1.